The van der Waals surface area contributed by atoms with E-state index in [9.17, 15) is 0 Å². The summed E-state index contributed by atoms with van der Waals surface area (Å²) in [6.07, 6.45) is 14.8. The van der Waals surface area contributed by atoms with Gasteiger partial charge in [-0.3, -0.25) is 9.80 Å². The predicted octanol–water partition coefficient (Wildman–Crippen LogP) is 3.52. The van der Waals surface area contributed by atoms with Crippen molar-refractivity contribution in [2.75, 3.05) is 191 Å². The van der Waals surface area contributed by atoms with E-state index in [4.69, 9.17) is 39.9 Å². The van der Waals surface area contributed by atoms with Gasteiger partial charge in [0.05, 0.1) is 26.2 Å². The number of rotatable bonds is 37. The van der Waals surface area contributed by atoms with Crippen molar-refractivity contribution in [1.29, 1.82) is 0 Å². The molecule has 0 aromatic carbocycles. The van der Waals surface area contributed by atoms with Crippen LogP contribution in [0.1, 0.15) is 100 Å². The van der Waals surface area contributed by atoms with E-state index in [2.05, 4.69) is 40.4 Å². The third kappa shape index (κ3) is 22.0. The fourth-order valence-corrected chi connectivity index (χ4v) is 7.71. The van der Waals surface area contributed by atoms with Gasteiger partial charge in [-0.1, -0.05) is 51.4 Å². The summed E-state index contributed by atoms with van der Waals surface area (Å²) in [4.78, 5) is 76.8. The van der Waals surface area contributed by atoms with Crippen LogP contribution < -0.4 is 49.8 Å². The van der Waals surface area contributed by atoms with E-state index in [1.807, 2.05) is 152 Å². The largest absolute Gasteiger partial charge is 0.347 e. The monoisotopic (exact) mass is 1030 g/mol. The highest BCUT2D eigenvalue weighted by Crippen LogP contribution is 2.19. The first-order valence-electron chi connectivity index (χ1n) is 26.5. The lowest BCUT2D eigenvalue weighted by Gasteiger charge is -2.23. The second-order valence-corrected chi connectivity index (χ2v) is 20.7. The molecule has 0 fully saturated rings. The molecule has 24 heteroatoms. The fraction of sp³-hybridized carbons (Fsp3) is 0.760. The maximum atomic E-state index is 4.80. The van der Waals surface area contributed by atoms with Gasteiger partial charge in [-0.2, -0.15) is 59.8 Å². The zero-order valence-electron chi connectivity index (χ0n) is 48.4. The summed E-state index contributed by atoms with van der Waals surface area (Å²) >= 11 is 0. The van der Waals surface area contributed by atoms with Gasteiger partial charge in [0.15, 0.2) is 0 Å². The van der Waals surface area contributed by atoms with Crippen LogP contribution in [0.5, 0.6) is 0 Å². The molecule has 414 valence electrons. The van der Waals surface area contributed by atoms with Crippen molar-refractivity contribution in [2.24, 2.45) is 0 Å². The van der Waals surface area contributed by atoms with Crippen LogP contribution in [0.25, 0.3) is 0 Å². The number of nitrogens with one attached hydrogen (secondary N) is 2. The first-order valence-corrected chi connectivity index (χ1v) is 26.5. The highest BCUT2D eigenvalue weighted by atomic mass is 15.4. The molecule has 0 unspecified atom stereocenters. The Morgan fingerprint density at radius 3 is 0.595 bits per heavy atom. The minimum absolute atomic E-state index is 0.549. The van der Waals surface area contributed by atoms with Gasteiger partial charge in [0.1, 0.15) is 23.3 Å². The number of anilines is 8. The van der Waals surface area contributed by atoms with Crippen LogP contribution in [0.3, 0.4) is 0 Å². The maximum Gasteiger partial charge on any atom is 0.229 e. The van der Waals surface area contributed by atoms with Gasteiger partial charge in [0, 0.05) is 126 Å². The predicted molar refractivity (Wildman–Crippen MR) is 303 cm³/mol. The van der Waals surface area contributed by atoms with Gasteiger partial charge < -0.3 is 49.8 Å². The summed E-state index contributed by atoms with van der Waals surface area (Å²) in [5.74, 6) is 7.96. The third-order valence-electron chi connectivity index (χ3n) is 11.9. The molecule has 4 aromatic heterocycles. The van der Waals surface area contributed by atoms with E-state index in [1.165, 1.54) is 64.2 Å². The van der Waals surface area contributed by atoms with E-state index < -0.39 is 0 Å². The van der Waals surface area contributed by atoms with E-state index in [0.717, 1.165) is 75.4 Å². The van der Waals surface area contributed by atoms with Gasteiger partial charge in [-0.05, 0) is 51.9 Å². The highest BCUT2D eigenvalue weighted by Gasteiger charge is 2.20. The smallest absolute Gasteiger partial charge is 0.229 e. The molecular formula is C50H94N24. The minimum atomic E-state index is 0.549. The standard InChI is InChI=1S/C50H94N24/c1-65(2)43-53-39(54-44(61-43)66(3)4)35-73(36-40-55-45(67(5)6)62-46(56-40)68(7)8)33-27-31-51-29-25-23-21-19-17-18-20-22-24-26-30-52-32-28-34-74(37-41-57-47(69(9)10)63-48(58-41)70(11)12)38-42-59-49(71(13)14)64-50(60-42)72(15)16/h51-52H,17-38H2,1-16H3. The molecule has 0 saturated heterocycles. The normalized spacial score (nSPS) is 11.4. The van der Waals surface area contributed by atoms with E-state index >= 15 is 0 Å². The Kier molecular flexibility index (Phi) is 26.2. The molecule has 0 bridgehead atoms. The molecule has 4 aromatic rings. The maximum absolute atomic E-state index is 4.80. The van der Waals surface area contributed by atoms with Crippen LogP contribution in [0.15, 0.2) is 0 Å². The zero-order chi connectivity index (χ0) is 54.2. The van der Waals surface area contributed by atoms with Crippen molar-refractivity contribution in [3.63, 3.8) is 0 Å². The molecule has 2 N–H and O–H groups in total. The highest BCUT2D eigenvalue weighted by molar-refractivity contribution is 5.40. The van der Waals surface area contributed by atoms with Gasteiger partial charge in [0.25, 0.3) is 0 Å². The van der Waals surface area contributed by atoms with Crippen molar-refractivity contribution < 1.29 is 0 Å². The molecular weight excluding hydrogens is 937 g/mol. The fourth-order valence-electron chi connectivity index (χ4n) is 7.71. The lowest BCUT2D eigenvalue weighted by Crippen LogP contribution is -2.30. The number of aromatic nitrogens is 12. The van der Waals surface area contributed by atoms with E-state index in [-0.39, 0.29) is 0 Å². The quantitative estimate of drug-likeness (QED) is 0.0619. The molecule has 0 amide bonds. The topological polar surface area (TPSA) is 211 Å². The molecule has 4 rings (SSSR count). The second-order valence-electron chi connectivity index (χ2n) is 20.7. The Balaban J connectivity index is 1.11. The molecule has 0 atom stereocenters. The summed E-state index contributed by atoms with van der Waals surface area (Å²) in [6.45, 7) is 7.83. The Morgan fingerprint density at radius 1 is 0.230 bits per heavy atom. The van der Waals surface area contributed by atoms with Crippen molar-refractivity contribution >= 4 is 47.6 Å². The average molecular weight is 1030 g/mol. The molecule has 24 nitrogen and oxygen atoms in total. The molecule has 4 heterocycles. The molecule has 0 saturated carbocycles. The molecule has 0 aliphatic rings. The first kappa shape index (κ1) is 60.8. The Hall–Kier alpha value is -5.72. The van der Waals surface area contributed by atoms with Crippen LogP contribution in [-0.2, 0) is 26.2 Å². The second kappa shape index (κ2) is 31.9. The molecule has 0 aliphatic carbocycles. The molecule has 0 aliphatic heterocycles. The number of nitrogens with zero attached hydrogens (tertiary/aromatic N) is 22. The van der Waals surface area contributed by atoms with E-state index in [0.29, 0.717) is 73.8 Å². The van der Waals surface area contributed by atoms with Gasteiger partial charge in [-0.15, -0.1) is 0 Å². The van der Waals surface area contributed by atoms with Crippen molar-refractivity contribution in [3.05, 3.63) is 23.3 Å². The van der Waals surface area contributed by atoms with Crippen LogP contribution in [-0.4, -0.2) is 222 Å². The van der Waals surface area contributed by atoms with Gasteiger partial charge >= 0.3 is 0 Å². The molecule has 74 heavy (non-hydrogen) atoms. The van der Waals surface area contributed by atoms with Crippen LogP contribution in [0, 0.1) is 0 Å². The summed E-state index contributed by atoms with van der Waals surface area (Å²) in [6, 6.07) is 0. The third-order valence-corrected chi connectivity index (χ3v) is 11.9. The van der Waals surface area contributed by atoms with E-state index in [1.54, 1.807) is 0 Å². The Labute approximate surface area is 444 Å². The SMILES string of the molecule is CN(C)c1nc(CN(CCCNCCCCCCCCCCCCNCCCN(Cc2nc(N(C)C)nc(N(C)C)n2)Cc2nc(N(C)C)nc(N(C)C)n2)Cc2nc(N(C)C)nc(N(C)C)n2)nc(N(C)C)n1. The van der Waals surface area contributed by atoms with Crippen molar-refractivity contribution in [3.8, 4) is 0 Å². The molecule has 0 radical (unpaired) electrons. The number of unbranched alkanes of at least 4 members (excludes halogenated alkanes) is 9. The Bertz CT molecular complexity index is 1810. The van der Waals surface area contributed by atoms with Crippen molar-refractivity contribution in [2.45, 2.75) is 103 Å². The lowest BCUT2D eigenvalue weighted by molar-refractivity contribution is 0.240. The summed E-state index contributed by atoms with van der Waals surface area (Å²) in [7, 11) is 31.2. The average Bonchev–Trinajstić information content (AvgIpc) is 3.35. The summed E-state index contributed by atoms with van der Waals surface area (Å²) in [5.41, 5.74) is 0. The van der Waals surface area contributed by atoms with Crippen LogP contribution in [0.2, 0.25) is 0 Å². The number of hydrogen-bond donors (Lipinski definition) is 2. The first-order chi connectivity index (χ1) is 35.3. The summed E-state index contributed by atoms with van der Waals surface area (Å²) in [5, 5.41) is 7.38. The van der Waals surface area contributed by atoms with Gasteiger partial charge in [0.2, 0.25) is 47.6 Å². The van der Waals surface area contributed by atoms with Crippen molar-refractivity contribution in [1.82, 2.24) is 80.2 Å². The number of hydrogen-bond acceptors (Lipinski definition) is 24. The zero-order valence-corrected chi connectivity index (χ0v) is 48.4. The molecule has 0 spiro atoms. The van der Waals surface area contributed by atoms with Crippen LogP contribution in [0.4, 0.5) is 47.6 Å². The lowest BCUT2D eigenvalue weighted by atomic mass is 10.1. The summed E-state index contributed by atoms with van der Waals surface area (Å²) < 4.78 is 0. The Morgan fingerprint density at radius 2 is 0.405 bits per heavy atom. The van der Waals surface area contributed by atoms with Gasteiger partial charge in [-0.25, -0.2) is 0 Å². The van der Waals surface area contributed by atoms with Crippen LogP contribution >= 0.6 is 0 Å². The minimum Gasteiger partial charge on any atom is -0.347 e.